The molecule has 2 amide bonds. The molecule has 4 heterocycles. The predicted octanol–water partition coefficient (Wildman–Crippen LogP) is 2.37. The number of hydrogen-bond donors (Lipinski definition) is 1. The van der Waals surface area contributed by atoms with Crippen molar-refractivity contribution in [2.45, 2.75) is 62.6 Å². The lowest BCUT2D eigenvalue weighted by Gasteiger charge is -2.34. The van der Waals surface area contributed by atoms with Crippen molar-refractivity contribution in [2.24, 2.45) is 5.92 Å². The average Bonchev–Trinajstić information content (AvgIpc) is 3.53. The van der Waals surface area contributed by atoms with Gasteiger partial charge < -0.3 is 15.0 Å². The summed E-state index contributed by atoms with van der Waals surface area (Å²) in [6.07, 6.45) is 9.09. The molecular weight excluding hydrogens is 478 g/mol. The molecule has 1 N–H and O–H groups in total. The third-order valence-corrected chi connectivity index (χ3v) is 8.43. The van der Waals surface area contributed by atoms with Crippen LogP contribution >= 0.6 is 22.9 Å². The van der Waals surface area contributed by atoms with E-state index in [1.54, 1.807) is 25.5 Å². The van der Waals surface area contributed by atoms with Crippen molar-refractivity contribution in [3.63, 3.8) is 0 Å². The summed E-state index contributed by atoms with van der Waals surface area (Å²) in [5.74, 6) is -0.736. The van der Waals surface area contributed by atoms with Gasteiger partial charge in [-0.3, -0.25) is 24.4 Å². The van der Waals surface area contributed by atoms with Gasteiger partial charge in [-0.1, -0.05) is 19.3 Å². The van der Waals surface area contributed by atoms with Gasteiger partial charge in [0.2, 0.25) is 5.91 Å². The van der Waals surface area contributed by atoms with E-state index < -0.39 is 23.6 Å². The molecule has 0 spiro atoms. The van der Waals surface area contributed by atoms with Crippen LogP contribution < -0.4 is 5.32 Å². The first-order valence-corrected chi connectivity index (χ1v) is 12.8. The van der Waals surface area contributed by atoms with E-state index in [0.717, 1.165) is 32.1 Å². The molecule has 11 heteroatoms. The van der Waals surface area contributed by atoms with Crippen LogP contribution in [0.25, 0.3) is 10.7 Å². The van der Waals surface area contributed by atoms with E-state index in [-0.39, 0.29) is 36.7 Å². The van der Waals surface area contributed by atoms with Crippen LogP contribution in [0.15, 0.2) is 18.6 Å². The van der Waals surface area contributed by atoms with Crippen molar-refractivity contribution < 1.29 is 19.1 Å². The van der Waals surface area contributed by atoms with Crippen molar-refractivity contribution in [2.75, 3.05) is 13.2 Å². The maximum absolute atomic E-state index is 13.8. The lowest BCUT2D eigenvalue weighted by Crippen LogP contribution is -2.55. The maximum atomic E-state index is 13.8. The fourth-order valence-corrected chi connectivity index (χ4v) is 6.47. The van der Waals surface area contributed by atoms with Gasteiger partial charge in [0.05, 0.1) is 17.3 Å². The van der Waals surface area contributed by atoms with Gasteiger partial charge in [-0.25, -0.2) is 4.98 Å². The number of carbonyl (C=O) groups is 3. The quantitative estimate of drug-likeness (QED) is 0.623. The molecular formula is C23H26ClN5O4S. The molecule has 1 saturated carbocycles. The predicted molar refractivity (Wildman–Crippen MR) is 126 cm³/mol. The number of fused-ring (bicyclic) bond motifs is 1. The minimum atomic E-state index is -0.731. The van der Waals surface area contributed by atoms with Gasteiger partial charge in [0.1, 0.15) is 40.4 Å². The monoisotopic (exact) mass is 503 g/mol. The van der Waals surface area contributed by atoms with Crippen molar-refractivity contribution in [1.82, 2.24) is 25.2 Å². The van der Waals surface area contributed by atoms with Gasteiger partial charge >= 0.3 is 0 Å². The van der Waals surface area contributed by atoms with Crippen LogP contribution in [0.4, 0.5) is 0 Å². The lowest BCUT2D eigenvalue weighted by molar-refractivity contribution is -0.139. The van der Waals surface area contributed by atoms with Gasteiger partial charge in [0.15, 0.2) is 5.78 Å². The summed E-state index contributed by atoms with van der Waals surface area (Å²) < 4.78 is 5.54. The number of hydrogen-bond acceptors (Lipinski definition) is 8. The van der Waals surface area contributed by atoms with Crippen molar-refractivity contribution in [3.05, 3.63) is 29.2 Å². The molecule has 3 aliphatic rings. The topological polar surface area (TPSA) is 114 Å². The number of ketones is 1. The Morgan fingerprint density at radius 2 is 2.06 bits per heavy atom. The molecule has 0 bridgehead atoms. The second-order valence-corrected chi connectivity index (χ2v) is 10.6. The second kappa shape index (κ2) is 9.67. The summed E-state index contributed by atoms with van der Waals surface area (Å²) in [7, 11) is 0. The van der Waals surface area contributed by atoms with Crippen LogP contribution in [0.1, 0.15) is 47.5 Å². The third kappa shape index (κ3) is 4.34. The minimum absolute atomic E-state index is 0.00290. The number of likely N-dealkylation sites (tertiary alicyclic amines) is 1. The zero-order chi connectivity index (χ0) is 23.8. The molecule has 5 rings (SSSR count). The number of ether oxygens (including phenoxy) is 1. The Balaban J connectivity index is 1.40. The van der Waals surface area contributed by atoms with Crippen molar-refractivity contribution >= 4 is 40.5 Å². The lowest BCUT2D eigenvalue weighted by atomic mass is 9.83. The Labute approximate surface area is 206 Å². The molecule has 0 aromatic carbocycles. The number of amides is 2. The molecule has 2 aliphatic heterocycles. The number of aryl methyl sites for hydroxylation is 1. The van der Waals surface area contributed by atoms with E-state index in [1.165, 1.54) is 16.2 Å². The Bertz CT molecular complexity index is 1090. The van der Waals surface area contributed by atoms with Gasteiger partial charge in [-0.2, -0.15) is 0 Å². The number of alkyl halides is 1. The molecule has 2 saturated heterocycles. The average molecular weight is 504 g/mol. The highest BCUT2D eigenvalue weighted by atomic mass is 35.5. The normalized spacial score (nSPS) is 25.9. The molecule has 1 aliphatic carbocycles. The van der Waals surface area contributed by atoms with E-state index >= 15 is 0 Å². The van der Waals surface area contributed by atoms with E-state index in [0.29, 0.717) is 21.3 Å². The summed E-state index contributed by atoms with van der Waals surface area (Å²) in [6, 6.07) is -1.41. The van der Waals surface area contributed by atoms with Gasteiger partial charge in [-0.05, 0) is 25.7 Å². The zero-order valence-corrected chi connectivity index (χ0v) is 20.3. The van der Waals surface area contributed by atoms with E-state index in [4.69, 9.17) is 16.3 Å². The Morgan fingerprint density at radius 1 is 1.26 bits per heavy atom. The highest BCUT2D eigenvalue weighted by Gasteiger charge is 2.53. The first kappa shape index (κ1) is 23.3. The minimum Gasteiger partial charge on any atom is -0.366 e. The smallest absolute Gasteiger partial charge is 0.263 e. The SMILES string of the molecule is Cc1nc(-c2cnccn2)sc1C(=O)N[C@H](C(=O)N1C[C@H](Cl)[C@H]2OCC(=O)[C@H]21)C1CCCCC1. The molecule has 4 atom stereocenters. The third-order valence-electron chi connectivity index (χ3n) is 6.86. The standard InChI is InChI=1S/C23H26ClN5O4S/c1-12-20(34-22(27-12)15-9-25-7-8-26-15)21(31)28-17(13-5-3-2-4-6-13)23(32)29-10-14(24)19-18(29)16(30)11-33-19/h7-9,13-14,17-19H,2-6,10-11H2,1H3,(H,28,31)/t14-,17-,18+,19+/m0/s1. The van der Waals surface area contributed by atoms with E-state index in [9.17, 15) is 14.4 Å². The van der Waals surface area contributed by atoms with Crippen molar-refractivity contribution in [3.8, 4) is 10.7 Å². The summed E-state index contributed by atoms with van der Waals surface area (Å²) in [5.41, 5.74) is 1.16. The Morgan fingerprint density at radius 3 is 2.79 bits per heavy atom. The van der Waals surface area contributed by atoms with E-state index in [2.05, 4.69) is 20.3 Å². The van der Waals surface area contributed by atoms with E-state index in [1.807, 2.05) is 0 Å². The van der Waals surface area contributed by atoms with Gasteiger partial charge in [-0.15, -0.1) is 22.9 Å². The fourth-order valence-electron chi connectivity index (χ4n) is 5.18. The molecule has 2 aromatic rings. The number of Topliss-reactive ketones (excluding diaryl/α,β-unsaturated/α-hetero) is 1. The second-order valence-electron chi connectivity index (χ2n) is 9.07. The molecule has 180 valence electrons. The number of halogens is 1. The zero-order valence-electron chi connectivity index (χ0n) is 18.8. The van der Waals surface area contributed by atoms with Crippen LogP contribution in [0.2, 0.25) is 0 Å². The van der Waals surface area contributed by atoms with Gasteiger partial charge in [0, 0.05) is 18.9 Å². The molecule has 3 fully saturated rings. The summed E-state index contributed by atoms with van der Waals surface area (Å²) in [6.45, 7) is 1.96. The molecule has 2 aromatic heterocycles. The molecule has 9 nitrogen and oxygen atoms in total. The maximum Gasteiger partial charge on any atom is 0.263 e. The number of nitrogens with one attached hydrogen (secondary N) is 1. The largest absolute Gasteiger partial charge is 0.366 e. The van der Waals surface area contributed by atoms with Gasteiger partial charge in [0.25, 0.3) is 5.91 Å². The number of rotatable bonds is 5. The number of aromatic nitrogens is 3. The van der Waals surface area contributed by atoms with Crippen LogP contribution in [0.3, 0.4) is 0 Å². The first-order chi connectivity index (χ1) is 16.4. The van der Waals surface area contributed by atoms with Crippen LogP contribution in [-0.2, 0) is 14.3 Å². The highest BCUT2D eigenvalue weighted by molar-refractivity contribution is 7.17. The number of thiazole rings is 1. The summed E-state index contributed by atoms with van der Waals surface area (Å²) >= 11 is 7.64. The Kier molecular flexibility index (Phi) is 6.63. The number of carbonyl (C=O) groups excluding carboxylic acids is 3. The Hall–Kier alpha value is -2.43. The highest BCUT2D eigenvalue weighted by Crippen LogP contribution is 2.34. The number of nitrogens with zero attached hydrogens (tertiary/aromatic N) is 4. The van der Waals surface area contributed by atoms with Crippen LogP contribution in [0.5, 0.6) is 0 Å². The summed E-state index contributed by atoms with van der Waals surface area (Å²) in [5, 5.41) is 3.16. The summed E-state index contributed by atoms with van der Waals surface area (Å²) in [4.78, 5) is 54.4. The molecule has 34 heavy (non-hydrogen) atoms. The van der Waals surface area contributed by atoms with Crippen LogP contribution in [0, 0.1) is 12.8 Å². The molecule has 0 radical (unpaired) electrons. The first-order valence-electron chi connectivity index (χ1n) is 11.6. The molecule has 0 unspecified atom stereocenters. The fraction of sp³-hybridized carbons (Fsp3) is 0.565. The van der Waals surface area contributed by atoms with Crippen LogP contribution in [-0.4, -0.2) is 74.2 Å². The van der Waals surface area contributed by atoms with Crippen molar-refractivity contribution in [1.29, 1.82) is 0 Å².